The normalized spacial score (nSPS) is 11.4. The molecule has 1 unspecified atom stereocenters. The summed E-state index contributed by atoms with van der Waals surface area (Å²) < 4.78 is 0. The summed E-state index contributed by atoms with van der Waals surface area (Å²) in [5.41, 5.74) is 0.483. The molecule has 4 N–H and O–H groups in total. The van der Waals surface area contributed by atoms with Gasteiger partial charge < -0.3 is 20.8 Å². The summed E-state index contributed by atoms with van der Waals surface area (Å²) in [4.78, 5) is 32.8. The first-order valence-electron chi connectivity index (χ1n) is 5.63. The lowest BCUT2D eigenvalue weighted by Gasteiger charge is -2.12. The number of carboxylic acid groups (broad SMARTS) is 2. The number of hydrogen-bond acceptors (Lipinski definition) is 3. The van der Waals surface area contributed by atoms with Crippen LogP contribution in [-0.2, 0) is 9.59 Å². The van der Waals surface area contributed by atoms with Gasteiger partial charge in [0.1, 0.15) is 0 Å². The van der Waals surface area contributed by atoms with Crippen LogP contribution in [-0.4, -0.2) is 34.7 Å². The Bertz CT molecular complexity index is 503. The number of carboxylic acids is 2. The third-order valence-corrected chi connectivity index (χ3v) is 2.63. The van der Waals surface area contributed by atoms with Gasteiger partial charge in [-0.3, -0.25) is 9.59 Å². The Labute approximate surface area is 119 Å². The van der Waals surface area contributed by atoms with Crippen LogP contribution in [0, 0.1) is 5.92 Å². The van der Waals surface area contributed by atoms with E-state index in [1.54, 1.807) is 24.3 Å². The lowest BCUT2D eigenvalue weighted by Crippen LogP contribution is -2.36. The van der Waals surface area contributed by atoms with Crippen molar-refractivity contribution in [3.05, 3.63) is 29.3 Å². The van der Waals surface area contributed by atoms with E-state index >= 15 is 0 Å². The van der Waals surface area contributed by atoms with Crippen LogP contribution in [0.25, 0.3) is 0 Å². The van der Waals surface area contributed by atoms with Crippen LogP contribution < -0.4 is 10.6 Å². The number of urea groups is 1. The first-order chi connectivity index (χ1) is 9.38. The summed E-state index contributed by atoms with van der Waals surface area (Å²) in [5, 5.41) is 22.7. The van der Waals surface area contributed by atoms with Crippen LogP contribution in [0.1, 0.15) is 6.42 Å². The zero-order chi connectivity index (χ0) is 15.1. The monoisotopic (exact) mass is 300 g/mol. The summed E-state index contributed by atoms with van der Waals surface area (Å²) in [6, 6.07) is 5.70. The standard InChI is InChI=1S/C12H13ClN2O5/c13-8-1-3-9(4-2-8)15-12(20)14-6-7(11(18)19)5-10(16)17/h1-4,7H,5-6H2,(H,16,17)(H,18,19)(H2,14,15,20). The van der Waals surface area contributed by atoms with Gasteiger partial charge in [-0.25, -0.2) is 4.79 Å². The van der Waals surface area contributed by atoms with Crippen molar-refractivity contribution in [3.8, 4) is 0 Å². The molecule has 0 saturated heterocycles. The lowest BCUT2D eigenvalue weighted by atomic mass is 10.1. The van der Waals surface area contributed by atoms with Crippen molar-refractivity contribution in [2.75, 3.05) is 11.9 Å². The second-order valence-electron chi connectivity index (χ2n) is 3.97. The van der Waals surface area contributed by atoms with Gasteiger partial charge in [-0.2, -0.15) is 0 Å². The lowest BCUT2D eigenvalue weighted by molar-refractivity contribution is -0.148. The minimum atomic E-state index is -1.28. The highest BCUT2D eigenvalue weighted by molar-refractivity contribution is 6.30. The van der Waals surface area contributed by atoms with Gasteiger partial charge in [0.05, 0.1) is 12.3 Å². The molecule has 1 aromatic carbocycles. The van der Waals surface area contributed by atoms with Gasteiger partial charge in [-0.05, 0) is 24.3 Å². The van der Waals surface area contributed by atoms with Crippen molar-refractivity contribution in [1.82, 2.24) is 5.32 Å². The van der Waals surface area contributed by atoms with Crippen molar-refractivity contribution >= 4 is 35.3 Å². The summed E-state index contributed by atoms with van der Waals surface area (Å²) in [6.45, 7) is -0.277. The molecule has 0 spiro atoms. The number of aliphatic carboxylic acids is 2. The average molecular weight is 301 g/mol. The molecule has 0 fully saturated rings. The highest BCUT2D eigenvalue weighted by atomic mass is 35.5. The van der Waals surface area contributed by atoms with Crippen molar-refractivity contribution in [2.45, 2.75) is 6.42 Å². The maximum absolute atomic E-state index is 11.5. The smallest absolute Gasteiger partial charge is 0.319 e. The number of carbonyl (C=O) groups excluding carboxylic acids is 1. The van der Waals surface area contributed by atoms with Gasteiger partial charge in [0.25, 0.3) is 0 Å². The predicted molar refractivity (Wildman–Crippen MR) is 71.9 cm³/mol. The number of rotatable bonds is 6. The van der Waals surface area contributed by atoms with Gasteiger partial charge in [0.15, 0.2) is 0 Å². The molecule has 0 radical (unpaired) electrons. The molecule has 108 valence electrons. The first kappa shape index (κ1) is 15.8. The van der Waals surface area contributed by atoms with Crippen molar-refractivity contribution in [2.24, 2.45) is 5.92 Å². The van der Waals surface area contributed by atoms with E-state index in [0.717, 1.165) is 0 Å². The summed E-state index contributed by atoms with van der Waals surface area (Å²) in [7, 11) is 0. The van der Waals surface area contributed by atoms with E-state index in [1.807, 2.05) is 0 Å². The number of benzene rings is 1. The van der Waals surface area contributed by atoms with Crippen LogP contribution in [0.3, 0.4) is 0 Å². The molecule has 20 heavy (non-hydrogen) atoms. The number of amides is 2. The number of hydrogen-bond donors (Lipinski definition) is 4. The van der Waals surface area contributed by atoms with Gasteiger partial charge in [0, 0.05) is 17.3 Å². The second-order valence-corrected chi connectivity index (χ2v) is 4.41. The molecule has 1 rings (SSSR count). The van der Waals surface area contributed by atoms with Gasteiger partial charge >= 0.3 is 18.0 Å². The van der Waals surface area contributed by atoms with E-state index in [9.17, 15) is 14.4 Å². The van der Waals surface area contributed by atoms with E-state index in [2.05, 4.69) is 10.6 Å². The SMILES string of the molecule is O=C(O)CC(CNC(=O)Nc1ccc(Cl)cc1)C(=O)O. The highest BCUT2D eigenvalue weighted by Crippen LogP contribution is 2.13. The Morgan fingerprint density at radius 1 is 1.15 bits per heavy atom. The van der Waals surface area contributed by atoms with E-state index < -0.39 is 30.3 Å². The molecule has 0 aliphatic carbocycles. The zero-order valence-electron chi connectivity index (χ0n) is 10.3. The van der Waals surface area contributed by atoms with Crippen LogP contribution in [0.2, 0.25) is 5.02 Å². The quantitative estimate of drug-likeness (QED) is 0.637. The van der Waals surface area contributed by atoms with E-state index in [-0.39, 0.29) is 6.54 Å². The Morgan fingerprint density at radius 2 is 1.75 bits per heavy atom. The molecule has 0 aliphatic rings. The highest BCUT2D eigenvalue weighted by Gasteiger charge is 2.21. The van der Waals surface area contributed by atoms with E-state index in [4.69, 9.17) is 21.8 Å². The fraction of sp³-hybridized carbons (Fsp3) is 0.250. The number of halogens is 1. The van der Waals surface area contributed by atoms with E-state index in [1.165, 1.54) is 0 Å². The Balaban J connectivity index is 2.47. The molecule has 1 aromatic rings. The van der Waals surface area contributed by atoms with Crippen molar-refractivity contribution < 1.29 is 24.6 Å². The van der Waals surface area contributed by atoms with E-state index in [0.29, 0.717) is 10.7 Å². The molecular formula is C12H13ClN2O5. The molecule has 0 aromatic heterocycles. The number of carbonyl (C=O) groups is 3. The van der Waals surface area contributed by atoms with Crippen molar-refractivity contribution in [3.63, 3.8) is 0 Å². The molecule has 0 bridgehead atoms. The van der Waals surface area contributed by atoms with Crippen LogP contribution in [0.4, 0.5) is 10.5 Å². The summed E-state index contributed by atoms with van der Waals surface area (Å²) in [5.74, 6) is -3.69. The van der Waals surface area contributed by atoms with Crippen LogP contribution >= 0.6 is 11.6 Å². The Kier molecular flexibility index (Phi) is 5.79. The molecule has 0 aliphatic heterocycles. The zero-order valence-corrected chi connectivity index (χ0v) is 11.1. The molecule has 0 heterocycles. The minimum absolute atomic E-state index is 0.277. The predicted octanol–water partition coefficient (Wildman–Crippen LogP) is 1.64. The van der Waals surface area contributed by atoms with Gasteiger partial charge in [-0.15, -0.1) is 0 Å². The third kappa shape index (κ3) is 5.57. The summed E-state index contributed by atoms with van der Waals surface area (Å²) >= 11 is 5.69. The molecule has 0 saturated carbocycles. The maximum atomic E-state index is 11.5. The average Bonchev–Trinajstić information content (AvgIpc) is 2.36. The fourth-order valence-corrected chi connectivity index (χ4v) is 1.51. The van der Waals surface area contributed by atoms with Crippen LogP contribution in [0.5, 0.6) is 0 Å². The fourth-order valence-electron chi connectivity index (χ4n) is 1.38. The molecule has 8 heteroatoms. The largest absolute Gasteiger partial charge is 0.481 e. The van der Waals surface area contributed by atoms with Gasteiger partial charge in [0.2, 0.25) is 0 Å². The number of nitrogens with one attached hydrogen (secondary N) is 2. The molecule has 1 atom stereocenters. The van der Waals surface area contributed by atoms with Gasteiger partial charge in [-0.1, -0.05) is 11.6 Å². The third-order valence-electron chi connectivity index (χ3n) is 2.38. The summed E-state index contributed by atoms with van der Waals surface area (Å²) in [6.07, 6.45) is -0.559. The topological polar surface area (TPSA) is 116 Å². The molecule has 2 amide bonds. The number of anilines is 1. The molecule has 7 nitrogen and oxygen atoms in total. The molecular weight excluding hydrogens is 288 g/mol. The minimum Gasteiger partial charge on any atom is -0.481 e. The van der Waals surface area contributed by atoms with Crippen LogP contribution in [0.15, 0.2) is 24.3 Å². The maximum Gasteiger partial charge on any atom is 0.319 e. The first-order valence-corrected chi connectivity index (χ1v) is 6.01. The van der Waals surface area contributed by atoms with Crippen molar-refractivity contribution in [1.29, 1.82) is 0 Å². The Hall–Kier alpha value is -2.28. The Morgan fingerprint density at radius 3 is 2.25 bits per heavy atom. The second kappa shape index (κ2) is 7.34.